The third-order valence-corrected chi connectivity index (χ3v) is 5.15. The third kappa shape index (κ3) is 3.81. The molecule has 6 nitrogen and oxygen atoms in total. The van der Waals surface area contributed by atoms with Gasteiger partial charge in [-0.05, 0) is 43.2 Å². The molecule has 0 amide bonds. The second-order valence-electron chi connectivity index (χ2n) is 7.13. The number of hydrogen-bond donors (Lipinski definition) is 1. The van der Waals surface area contributed by atoms with Crippen molar-refractivity contribution in [3.63, 3.8) is 0 Å². The van der Waals surface area contributed by atoms with Crippen LogP contribution in [-0.4, -0.2) is 18.4 Å². The summed E-state index contributed by atoms with van der Waals surface area (Å²) in [5.41, 5.74) is 7.49. The van der Waals surface area contributed by atoms with Crippen LogP contribution >= 0.6 is 0 Å². The van der Waals surface area contributed by atoms with Crippen molar-refractivity contribution in [3.8, 4) is 11.5 Å². The predicted octanol–water partition coefficient (Wildman–Crippen LogP) is 4.33. The number of esters is 1. The second-order valence-corrected chi connectivity index (χ2v) is 7.13. The quantitative estimate of drug-likeness (QED) is 0.745. The Labute approximate surface area is 174 Å². The normalized spacial score (nSPS) is 18.6. The molecule has 30 heavy (non-hydrogen) atoms. The molecule has 0 spiro atoms. The zero-order chi connectivity index (χ0) is 21.1. The summed E-state index contributed by atoms with van der Waals surface area (Å²) >= 11 is 0. The van der Waals surface area contributed by atoms with E-state index in [4.69, 9.17) is 19.9 Å². The molecule has 4 rings (SSSR count). The molecule has 0 bridgehead atoms. The van der Waals surface area contributed by atoms with E-state index in [1.54, 1.807) is 6.92 Å². The van der Waals surface area contributed by atoms with Crippen molar-refractivity contribution in [2.75, 3.05) is 6.61 Å². The van der Waals surface area contributed by atoms with Crippen LogP contribution in [0, 0.1) is 0 Å². The molecule has 2 aromatic rings. The lowest BCUT2D eigenvalue weighted by Gasteiger charge is -2.32. The Morgan fingerprint density at radius 3 is 2.63 bits per heavy atom. The molecule has 0 saturated heterocycles. The Morgan fingerprint density at radius 1 is 1.10 bits per heavy atom. The van der Waals surface area contributed by atoms with Crippen LogP contribution in [0.25, 0.3) is 0 Å². The minimum absolute atomic E-state index is 0.0127. The van der Waals surface area contributed by atoms with E-state index in [0.29, 0.717) is 42.1 Å². The van der Waals surface area contributed by atoms with Gasteiger partial charge in [0.1, 0.15) is 22.8 Å². The largest absolute Gasteiger partial charge is 0.462 e. The minimum atomic E-state index is -0.653. The first-order valence-electron chi connectivity index (χ1n) is 10.0. The molecule has 2 N–H and O–H groups in total. The Kier molecular flexibility index (Phi) is 5.57. The highest BCUT2D eigenvalue weighted by Gasteiger charge is 2.41. The number of carbonyl (C=O) groups is 2. The number of ether oxygens (including phenoxy) is 3. The SMILES string of the molecule is CCOC(=O)C1=C(N)OC2=C(C(=O)CCC2)[C@@H]1c1cccc(Oc2ccccc2)c1. The average molecular weight is 405 g/mol. The fraction of sp³-hybridized carbons (Fsp3) is 0.250. The van der Waals surface area contributed by atoms with Crippen molar-refractivity contribution in [1.82, 2.24) is 0 Å². The zero-order valence-electron chi connectivity index (χ0n) is 16.7. The summed E-state index contributed by atoms with van der Waals surface area (Å²) in [7, 11) is 0. The van der Waals surface area contributed by atoms with E-state index >= 15 is 0 Å². The Bertz CT molecular complexity index is 1040. The summed E-state index contributed by atoms with van der Waals surface area (Å²) in [6, 6.07) is 16.7. The van der Waals surface area contributed by atoms with E-state index in [2.05, 4.69) is 0 Å². The lowest BCUT2D eigenvalue weighted by molar-refractivity contribution is -0.139. The van der Waals surface area contributed by atoms with Crippen molar-refractivity contribution < 1.29 is 23.8 Å². The molecule has 1 aliphatic heterocycles. The number of nitrogens with two attached hydrogens (primary N) is 1. The number of Topliss-reactive ketones (excluding diaryl/α,β-unsaturated/α-hetero) is 1. The molecular formula is C24H23NO5. The number of ketones is 1. The predicted molar refractivity (Wildman–Crippen MR) is 111 cm³/mol. The Morgan fingerprint density at radius 2 is 1.87 bits per heavy atom. The van der Waals surface area contributed by atoms with Crippen molar-refractivity contribution in [2.45, 2.75) is 32.1 Å². The van der Waals surface area contributed by atoms with Gasteiger partial charge < -0.3 is 19.9 Å². The summed E-state index contributed by atoms with van der Waals surface area (Å²) in [5, 5.41) is 0. The fourth-order valence-corrected chi connectivity index (χ4v) is 3.88. The number of para-hydroxylation sites is 1. The van der Waals surface area contributed by atoms with E-state index in [1.807, 2.05) is 54.6 Å². The maximum Gasteiger partial charge on any atom is 0.340 e. The molecule has 0 radical (unpaired) electrons. The van der Waals surface area contributed by atoms with Gasteiger partial charge in [-0.15, -0.1) is 0 Å². The summed E-state index contributed by atoms with van der Waals surface area (Å²) < 4.78 is 16.9. The highest BCUT2D eigenvalue weighted by atomic mass is 16.5. The van der Waals surface area contributed by atoms with Crippen LogP contribution in [-0.2, 0) is 19.1 Å². The lowest BCUT2D eigenvalue weighted by atomic mass is 9.77. The first-order valence-corrected chi connectivity index (χ1v) is 10.0. The van der Waals surface area contributed by atoms with Gasteiger partial charge in [-0.2, -0.15) is 0 Å². The fourth-order valence-electron chi connectivity index (χ4n) is 3.88. The topological polar surface area (TPSA) is 87.9 Å². The maximum atomic E-state index is 12.8. The Balaban J connectivity index is 1.78. The number of carbonyl (C=O) groups excluding carboxylic acids is 2. The van der Waals surface area contributed by atoms with Gasteiger partial charge in [-0.3, -0.25) is 4.79 Å². The van der Waals surface area contributed by atoms with Gasteiger partial charge in [0.25, 0.3) is 0 Å². The zero-order valence-corrected chi connectivity index (χ0v) is 16.7. The van der Waals surface area contributed by atoms with Gasteiger partial charge in [-0.25, -0.2) is 4.79 Å². The van der Waals surface area contributed by atoms with Gasteiger partial charge in [0, 0.05) is 18.4 Å². The van der Waals surface area contributed by atoms with Gasteiger partial charge in [0.2, 0.25) is 5.88 Å². The number of allylic oxidation sites excluding steroid dienone is 2. The molecule has 0 saturated carbocycles. The lowest BCUT2D eigenvalue weighted by Crippen LogP contribution is -2.31. The van der Waals surface area contributed by atoms with Crippen molar-refractivity contribution in [1.29, 1.82) is 0 Å². The van der Waals surface area contributed by atoms with Crippen LogP contribution in [0.4, 0.5) is 0 Å². The second kappa shape index (κ2) is 8.45. The monoisotopic (exact) mass is 405 g/mol. The van der Waals surface area contributed by atoms with Crippen LogP contribution < -0.4 is 10.5 Å². The van der Waals surface area contributed by atoms with E-state index < -0.39 is 11.9 Å². The van der Waals surface area contributed by atoms with Crippen LogP contribution in [0.15, 0.2) is 77.4 Å². The standard InChI is InChI=1S/C24H23NO5/c1-2-28-24(27)22-20(21-18(26)12-7-13-19(21)30-23(22)25)15-8-6-11-17(14-15)29-16-9-4-3-5-10-16/h3-6,8-11,14,20H,2,7,12-13,25H2,1H3/t20-/m0/s1. The molecule has 1 atom stereocenters. The van der Waals surface area contributed by atoms with Crippen molar-refractivity contribution >= 4 is 11.8 Å². The molecule has 6 heteroatoms. The van der Waals surface area contributed by atoms with E-state index in [9.17, 15) is 9.59 Å². The highest BCUT2D eigenvalue weighted by molar-refractivity contribution is 6.03. The molecule has 0 aromatic heterocycles. The molecule has 1 aliphatic carbocycles. The molecule has 1 heterocycles. The Hall–Kier alpha value is -3.54. The van der Waals surface area contributed by atoms with E-state index in [1.165, 1.54) is 0 Å². The highest BCUT2D eigenvalue weighted by Crippen LogP contribution is 2.44. The first-order chi connectivity index (χ1) is 14.6. The van der Waals surface area contributed by atoms with Crippen molar-refractivity contribution in [2.24, 2.45) is 5.73 Å². The molecule has 2 aromatic carbocycles. The van der Waals surface area contributed by atoms with Gasteiger partial charge in [0.15, 0.2) is 5.78 Å². The van der Waals surface area contributed by atoms with Crippen LogP contribution in [0.1, 0.15) is 37.7 Å². The number of benzene rings is 2. The molecule has 2 aliphatic rings. The van der Waals surface area contributed by atoms with Gasteiger partial charge in [-0.1, -0.05) is 30.3 Å². The summed E-state index contributed by atoms with van der Waals surface area (Å²) in [4.78, 5) is 25.6. The summed E-state index contributed by atoms with van der Waals surface area (Å²) in [6.07, 6.45) is 1.72. The average Bonchev–Trinajstić information content (AvgIpc) is 2.74. The van der Waals surface area contributed by atoms with E-state index in [0.717, 1.165) is 5.56 Å². The first kappa shape index (κ1) is 19.8. The third-order valence-electron chi connectivity index (χ3n) is 5.15. The van der Waals surface area contributed by atoms with Gasteiger partial charge >= 0.3 is 5.97 Å². The van der Waals surface area contributed by atoms with Gasteiger partial charge in [0.05, 0.1) is 12.5 Å². The molecule has 0 unspecified atom stereocenters. The number of rotatable bonds is 5. The van der Waals surface area contributed by atoms with Crippen LogP contribution in [0.2, 0.25) is 0 Å². The molecule has 0 fully saturated rings. The maximum absolute atomic E-state index is 12.8. The smallest absolute Gasteiger partial charge is 0.340 e. The minimum Gasteiger partial charge on any atom is -0.462 e. The summed E-state index contributed by atoms with van der Waals surface area (Å²) in [6.45, 7) is 1.91. The van der Waals surface area contributed by atoms with E-state index in [-0.39, 0.29) is 23.8 Å². The molecular weight excluding hydrogens is 382 g/mol. The molecule has 154 valence electrons. The van der Waals surface area contributed by atoms with Crippen molar-refractivity contribution in [3.05, 3.63) is 82.9 Å². The summed E-state index contributed by atoms with van der Waals surface area (Å²) in [5.74, 6) is 0.537. The number of hydrogen-bond acceptors (Lipinski definition) is 6. The van der Waals surface area contributed by atoms with Crippen LogP contribution in [0.3, 0.4) is 0 Å². The van der Waals surface area contributed by atoms with Crippen LogP contribution in [0.5, 0.6) is 11.5 Å².